The van der Waals surface area contributed by atoms with Crippen LogP contribution in [0.2, 0.25) is 0 Å². The first-order valence-corrected chi connectivity index (χ1v) is 8.42. The van der Waals surface area contributed by atoms with E-state index >= 15 is 0 Å². The molecule has 3 nitrogen and oxygen atoms in total. The number of hydrogen-bond acceptors (Lipinski definition) is 3. The maximum atomic E-state index is 13.7. The summed E-state index contributed by atoms with van der Waals surface area (Å²) in [5.74, 6) is -2.70. The number of aldehydes is 1. The zero-order chi connectivity index (χ0) is 18.4. The lowest BCUT2D eigenvalue weighted by Gasteiger charge is -2.28. The minimum Gasteiger partial charge on any atom is -0.508 e. The Morgan fingerprint density at radius 3 is 2.48 bits per heavy atom. The molecular weight excluding hydrogens is 324 g/mol. The maximum Gasteiger partial charge on any atom is 0.162 e. The van der Waals surface area contributed by atoms with Crippen LogP contribution in [0.15, 0.2) is 36.4 Å². The lowest BCUT2D eigenvalue weighted by atomic mass is 9.76. The Bertz CT molecular complexity index is 748. The largest absolute Gasteiger partial charge is 0.508 e. The average molecular weight is 347 g/mol. The first kappa shape index (κ1) is 18.9. The maximum absolute atomic E-state index is 13.7. The number of benzene rings is 2. The van der Waals surface area contributed by atoms with Crippen molar-refractivity contribution >= 4 is 12.0 Å². The molecule has 2 N–H and O–H groups in total. The van der Waals surface area contributed by atoms with Crippen LogP contribution in [0, 0.1) is 11.6 Å². The van der Waals surface area contributed by atoms with Gasteiger partial charge in [0.15, 0.2) is 11.6 Å². The van der Waals surface area contributed by atoms with Gasteiger partial charge in [0, 0.05) is 23.9 Å². The summed E-state index contributed by atoms with van der Waals surface area (Å²) < 4.78 is 27.0. The van der Waals surface area contributed by atoms with E-state index in [1.54, 1.807) is 19.1 Å². The van der Waals surface area contributed by atoms with E-state index in [1.807, 2.05) is 12.1 Å². The Labute approximate surface area is 146 Å². The quantitative estimate of drug-likeness (QED) is 0.534. The zero-order valence-electron chi connectivity index (χ0n) is 14.5. The van der Waals surface area contributed by atoms with Crippen LogP contribution in [0.4, 0.5) is 14.5 Å². The van der Waals surface area contributed by atoms with Crippen molar-refractivity contribution in [3.05, 3.63) is 59.2 Å². The molecule has 1 unspecified atom stereocenters. The summed E-state index contributed by atoms with van der Waals surface area (Å²) in [7, 11) is 0. The predicted molar refractivity (Wildman–Crippen MR) is 95.0 cm³/mol. The molecule has 0 aliphatic carbocycles. The molecule has 0 aliphatic heterocycles. The molecule has 0 radical (unpaired) electrons. The van der Waals surface area contributed by atoms with E-state index in [1.165, 1.54) is 0 Å². The fourth-order valence-corrected chi connectivity index (χ4v) is 2.91. The summed E-state index contributed by atoms with van der Waals surface area (Å²) in [4.78, 5) is 11.9. The molecule has 25 heavy (non-hydrogen) atoms. The fourth-order valence-electron chi connectivity index (χ4n) is 2.91. The van der Waals surface area contributed by atoms with E-state index in [0.29, 0.717) is 17.9 Å². The van der Waals surface area contributed by atoms with E-state index in [0.717, 1.165) is 37.6 Å². The van der Waals surface area contributed by atoms with Crippen molar-refractivity contribution in [2.75, 3.05) is 11.9 Å². The first-order valence-electron chi connectivity index (χ1n) is 8.42. The number of aromatic hydroxyl groups is 1. The van der Waals surface area contributed by atoms with E-state index in [4.69, 9.17) is 0 Å². The summed E-state index contributed by atoms with van der Waals surface area (Å²) in [6, 6.07) is 8.76. The van der Waals surface area contributed by atoms with Gasteiger partial charge in [-0.05, 0) is 31.0 Å². The summed E-state index contributed by atoms with van der Waals surface area (Å²) in [5, 5.41) is 13.4. The number of carbonyl (C=O) groups excluding carboxylic acids is 1. The third kappa shape index (κ3) is 3.98. The lowest BCUT2D eigenvalue weighted by Crippen LogP contribution is -2.27. The molecule has 2 rings (SSSR count). The number of nitrogens with one attached hydrogen (secondary N) is 1. The van der Waals surface area contributed by atoms with Crippen LogP contribution >= 0.6 is 0 Å². The van der Waals surface area contributed by atoms with Gasteiger partial charge in [0.25, 0.3) is 0 Å². The Balaban J connectivity index is 2.46. The molecule has 0 bridgehead atoms. The zero-order valence-corrected chi connectivity index (χ0v) is 14.5. The second-order valence-electron chi connectivity index (χ2n) is 6.28. The molecule has 2 aromatic rings. The van der Waals surface area contributed by atoms with E-state index < -0.39 is 22.8 Å². The van der Waals surface area contributed by atoms with Gasteiger partial charge in [-0.1, -0.05) is 38.0 Å². The number of hydrogen-bond donors (Lipinski definition) is 2. The Kier molecular flexibility index (Phi) is 6.12. The number of phenols is 1. The number of anilines is 1. The number of phenolic OH excluding ortho intramolecular Hbond substituents is 1. The summed E-state index contributed by atoms with van der Waals surface area (Å²) in [6.45, 7) is 4.44. The monoisotopic (exact) mass is 347 g/mol. The second kappa shape index (κ2) is 8.10. The second-order valence-corrected chi connectivity index (χ2v) is 6.28. The van der Waals surface area contributed by atoms with Gasteiger partial charge in [0.05, 0.1) is 5.41 Å². The molecule has 0 saturated carbocycles. The van der Waals surface area contributed by atoms with Crippen LogP contribution in [0.25, 0.3) is 0 Å². The third-order valence-corrected chi connectivity index (χ3v) is 4.42. The Hall–Kier alpha value is -2.43. The molecule has 5 heteroatoms. The summed E-state index contributed by atoms with van der Waals surface area (Å²) in [6.07, 6.45) is 3.81. The van der Waals surface area contributed by atoms with Crippen molar-refractivity contribution in [2.24, 2.45) is 0 Å². The molecular formula is C20H23F2NO2. The van der Waals surface area contributed by atoms with Gasteiger partial charge < -0.3 is 15.2 Å². The van der Waals surface area contributed by atoms with Crippen molar-refractivity contribution in [1.29, 1.82) is 0 Å². The Morgan fingerprint density at radius 1 is 1.12 bits per heavy atom. The Morgan fingerprint density at radius 2 is 1.80 bits per heavy atom. The molecule has 0 saturated heterocycles. The molecule has 2 aromatic carbocycles. The van der Waals surface area contributed by atoms with Crippen molar-refractivity contribution in [2.45, 2.75) is 38.5 Å². The molecule has 134 valence electrons. The first-order chi connectivity index (χ1) is 11.9. The third-order valence-electron chi connectivity index (χ3n) is 4.42. The van der Waals surface area contributed by atoms with Crippen LogP contribution in [0.1, 0.15) is 44.2 Å². The summed E-state index contributed by atoms with van der Waals surface area (Å²) >= 11 is 0. The van der Waals surface area contributed by atoms with Crippen molar-refractivity contribution in [3.8, 4) is 5.75 Å². The normalized spacial score (nSPS) is 13.3. The molecule has 0 fully saturated rings. The number of carbonyl (C=O) groups is 1. The van der Waals surface area contributed by atoms with Crippen LogP contribution in [0.5, 0.6) is 5.75 Å². The fraction of sp³-hybridized carbons (Fsp3) is 0.350. The smallest absolute Gasteiger partial charge is 0.162 e. The standard InChI is InChI=1S/C20H23F2NO2/c1-3-4-7-10-23-18-9-6-5-8-14(18)20(2,13-24)15-11-16(21)17(22)12-19(15)25/h5-6,8-9,11-13,23,25H,3-4,7,10H2,1-2H3. The minimum atomic E-state index is -1.31. The number of halogens is 2. The van der Waals surface area contributed by atoms with Crippen LogP contribution in [0.3, 0.4) is 0 Å². The van der Waals surface area contributed by atoms with Crippen molar-refractivity contribution in [1.82, 2.24) is 0 Å². The van der Waals surface area contributed by atoms with Crippen LogP contribution in [-0.4, -0.2) is 17.9 Å². The highest BCUT2D eigenvalue weighted by atomic mass is 19.2. The highest BCUT2D eigenvalue weighted by molar-refractivity contribution is 5.80. The van der Waals surface area contributed by atoms with Crippen LogP contribution < -0.4 is 5.32 Å². The predicted octanol–water partition coefficient (Wildman–Crippen LogP) is 4.78. The van der Waals surface area contributed by atoms with Gasteiger partial charge in [0.2, 0.25) is 0 Å². The van der Waals surface area contributed by atoms with Gasteiger partial charge in [-0.2, -0.15) is 0 Å². The highest BCUT2D eigenvalue weighted by Gasteiger charge is 2.34. The SMILES string of the molecule is CCCCCNc1ccccc1C(C)(C=O)c1cc(F)c(F)cc1O. The van der Waals surface area contributed by atoms with Crippen LogP contribution in [-0.2, 0) is 10.2 Å². The van der Waals surface area contributed by atoms with E-state index in [-0.39, 0.29) is 5.56 Å². The average Bonchev–Trinajstić information content (AvgIpc) is 2.61. The molecule has 0 aliphatic rings. The molecule has 0 heterocycles. The number of unbranched alkanes of at least 4 members (excludes halogenated alkanes) is 2. The molecule has 1 atom stereocenters. The molecule has 0 aromatic heterocycles. The van der Waals surface area contributed by atoms with Crippen molar-refractivity contribution < 1.29 is 18.7 Å². The topological polar surface area (TPSA) is 49.3 Å². The van der Waals surface area contributed by atoms with Gasteiger partial charge >= 0.3 is 0 Å². The van der Waals surface area contributed by atoms with E-state index in [9.17, 15) is 18.7 Å². The molecule has 0 amide bonds. The van der Waals surface area contributed by atoms with E-state index in [2.05, 4.69) is 12.2 Å². The van der Waals surface area contributed by atoms with Gasteiger partial charge in [-0.15, -0.1) is 0 Å². The summed E-state index contributed by atoms with van der Waals surface area (Å²) in [5.41, 5.74) is 0.0526. The van der Waals surface area contributed by atoms with Gasteiger partial charge in [-0.25, -0.2) is 8.78 Å². The minimum absolute atomic E-state index is 0.0317. The van der Waals surface area contributed by atoms with Crippen molar-refractivity contribution in [3.63, 3.8) is 0 Å². The van der Waals surface area contributed by atoms with Gasteiger partial charge in [0.1, 0.15) is 12.0 Å². The molecule has 0 spiro atoms. The lowest BCUT2D eigenvalue weighted by molar-refractivity contribution is -0.111. The number of rotatable bonds is 8. The van der Waals surface area contributed by atoms with Gasteiger partial charge in [-0.3, -0.25) is 0 Å². The highest BCUT2D eigenvalue weighted by Crippen LogP contribution is 2.39. The number of para-hydroxylation sites is 1.